The van der Waals surface area contributed by atoms with Gasteiger partial charge in [0.25, 0.3) is 5.91 Å². The van der Waals surface area contributed by atoms with Crippen LogP contribution in [0, 0.1) is 5.92 Å². The molecule has 1 aromatic carbocycles. The Kier molecular flexibility index (Phi) is 8.02. The van der Waals surface area contributed by atoms with E-state index in [-0.39, 0.29) is 29.5 Å². The van der Waals surface area contributed by atoms with Crippen molar-refractivity contribution in [2.75, 3.05) is 13.7 Å². The van der Waals surface area contributed by atoms with Crippen LogP contribution in [0.25, 0.3) is 0 Å². The predicted molar refractivity (Wildman–Crippen MR) is 125 cm³/mol. The lowest BCUT2D eigenvalue weighted by molar-refractivity contribution is -0.140. The van der Waals surface area contributed by atoms with Crippen LogP contribution >= 0.6 is 0 Å². The molecule has 0 saturated heterocycles. The second-order valence-electron chi connectivity index (χ2n) is 9.27. The van der Waals surface area contributed by atoms with E-state index >= 15 is 0 Å². The number of carbonyl (C=O) groups is 2. The summed E-state index contributed by atoms with van der Waals surface area (Å²) >= 11 is 0. The monoisotopic (exact) mass is 453 g/mol. The fourth-order valence-electron chi connectivity index (χ4n) is 5.05. The van der Waals surface area contributed by atoms with Crippen molar-refractivity contribution < 1.29 is 18.8 Å². The van der Waals surface area contributed by atoms with Gasteiger partial charge in [0, 0.05) is 24.6 Å². The van der Waals surface area contributed by atoms with E-state index in [2.05, 4.69) is 10.5 Å². The first-order valence-electron chi connectivity index (χ1n) is 12.3. The van der Waals surface area contributed by atoms with Gasteiger partial charge in [-0.3, -0.25) is 9.59 Å². The maximum Gasteiger partial charge on any atom is 0.273 e. The van der Waals surface area contributed by atoms with E-state index in [1.54, 1.807) is 13.2 Å². The summed E-state index contributed by atoms with van der Waals surface area (Å²) in [6.45, 7) is 0.897. The molecule has 0 radical (unpaired) electrons. The zero-order valence-electron chi connectivity index (χ0n) is 19.6. The first kappa shape index (κ1) is 23.3. The SMILES string of the molecule is COc1ccc(CCNC(=O)c2cc(CN(C(=O)C3CCCCC3)C3CCCC3)on2)cc1. The molecule has 2 fully saturated rings. The molecule has 0 bridgehead atoms. The third-order valence-corrected chi connectivity index (χ3v) is 6.98. The molecule has 1 aromatic heterocycles. The van der Waals surface area contributed by atoms with Crippen LogP contribution in [0.4, 0.5) is 0 Å². The number of hydrogen-bond donors (Lipinski definition) is 1. The molecule has 178 valence electrons. The number of methoxy groups -OCH3 is 1. The number of ether oxygens (including phenoxy) is 1. The van der Waals surface area contributed by atoms with Crippen LogP contribution in [-0.2, 0) is 17.8 Å². The molecule has 4 rings (SSSR count). The van der Waals surface area contributed by atoms with Gasteiger partial charge in [-0.15, -0.1) is 0 Å². The molecule has 0 aliphatic heterocycles. The van der Waals surface area contributed by atoms with Crippen molar-refractivity contribution in [1.82, 2.24) is 15.4 Å². The normalized spacial score (nSPS) is 17.1. The molecular formula is C26H35N3O4. The minimum absolute atomic E-state index is 0.128. The molecule has 0 spiro atoms. The lowest BCUT2D eigenvalue weighted by Gasteiger charge is -2.33. The van der Waals surface area contributed by atoms with E-state index < -0.39 is 0 Å². The lowest BCUT2D eigenvalue weighted by Crippen LogP contribution is -2.42. The molecule has 2 amide bonds. The molecule has 2 aromatic rings. The highest BCUT2D eigenvalue weighted by atomic mass is 16.5. The second-order valence-corrected chi connectivity index (χ2v) is 9.27. The summed E-state index contributed by atoms with van der Waals surface area (Å²) < 4.78 is 10.7. The Morgan fingerprint density at radius 1 is 1.06 bits per heavy atom. The summed E-state index contributed by atoms with van der Waals surface area (Å²) in [6, 6.07) is 9.74. The van der Waals surface area contributed by atoms with Gasteiger partial charge in [0.05, 0.1) is 13.7 Å². The molecule has 2 aliphatic carbocycles. The lowest BCUT2D eigenvalue weighted by atomic mass is 9.88. The summed E-state index contributed by atoms with van der Waals surface area (Å²) in [5, 5.41) is 6.87. The largest absolute Gasteiger partial charge is 0.497 e. The zero-order valence-corrected chi connectivity index (χ0v) is 19.6. The molecule has 33 heavy (non-hydrogen) atoms. The second kappa shape index (κ2) is 11.3. The molecule has 7 nitrogen and oxygen atoms in total. The van der Waals surface area contributed by atoms with Crippen LogP contribution in [0.5, 0.6) is 5.75 Å². The Labute approximate surface area is 195 Å². The topological polar surface area (TPSA) is 84.7 Å². The van der Waals surface area contributed by atoms with Crippen molar-refractivity contribution in [2.24, 2.45) is 5.92 Å². The smallest absolute Gasteiger partial charge is 0.273 e. The molecular weight excluding hydrogens is 418 g/mol. The van der Waals surface area contributed by atoms with Gasteiger partial charge in [-0.1, -0.05) is 49.4 Å². The number of nitrogens with zero attached hydrogens (tertiary/aromatic N) is 2. The standard InChI is InChI=1S/C26H35N3O4/c1-32-22-13-11-19(12-14-22)15-16-27-25(30)24-17-23(33-28-24)18-29(21-9-5-6-10-21)26(31)20-7-3-2-4-8-20/h11-14,17,20-21H,2-10,15-16,18H2,1H3,(H,27,30). The van der Waals surface area contributed by atoms with E-state index in [1.165, 1.54) is 6.42 Å². The minimum atomic E-state index is -0.260. The van der Waals surface area contributed by atoms with Crippen LogP contribution < -0.4 is 10.1 Å². The quantitative estimate of drug-likeness (QED) is 0.604. The maximum absolute atomic E-state index is 13.3. The van der Waals surface area contributed by atoms with Gasteiger partial charge >= 0.3 is 0 Å². The summed E-state index contributed by atoms with van der Waals surface area (Å²) in [4.78, 5) is 27.9. The van der Waals surface area contributed by atoms with E-state index in [0.717, 1.165) is 62.7 Å². The molecule has 2 saturated carbocycles. The molecule has 7 heteroatoms. The van der Waals surface area contributed by atoms with Crippen LogP contribution in [-0.4, -0.2) is 41.6 Å². The molecule has 0 unspecified atom stereocenters. The third kappa shape index (κ3) is 6.15. The van der Waals surface area contributed by atoms with Crippen molar-refractivity contribution in [3.63, 3.8) is 0 Å². The van der Waals surface area contributed by atoms with Gasteiger partial charge < -0.3 is 19.5 Å². The zero-order chi connectivity index (χ0) is 23.0. The molecule has 1 heterocycles. The Bertz CT molecular complexity index is 912. The first-order chi connectivity index (χ1) is 16.1. The maximum atomic E-state index is 13.3. The van der Waals surface area contributed by atoms with Gasteiger partial charge in [-0.2, -0.15) is 0 Å². The molecule has 0 atom stereocenters. The van der Waals surface area contributed by atoms with Crippen LogP contribution in [0.1, 0.15) is 79.6 Å². The van der Waals surface area contributed by atoms with E-state index in [9.17, 15) is 9.59 Å². The Morgan fingerprint density at radius 3 is 2.45 bits per heavy atom. The van der Waals surface area contributed by atoms with Crippen molar-refractivity contribution in [2.45, 2.75) is 76.8 Å². The number of carbonyl (C=O) groups excluding carboxylic acids is 2. The van der Waals surface area contributed by atoms with Crippen LogP contribution in [0.3, 0.4) is 0 Å². The number of nitrogens with one attached hydrogen (secondary N) is 1. The van der Waals surface area contributed by atoms with Crippen LogP contribution in [0.2, 0.25) is 0 Å². The average Bonchev–Trinajstić information content (AvgIpc) is 3.56. The van der Waals surface area contributed by atoms with Crippen molar-refractivity contribution in [1.29, 1.82) is 0 Å². The van der Waals surface area contributed by atoms with Gasteiger partial charge in [-0.25, -0.2) is 0 Å². The first-order valence-corrected chi connectivity index (χ1v) is 12.3. The number of amides is 2. The number of aromatic nitrogens is 1. The number of benzene rings is 1. The summed E-state index contributed by atoms with van der Waals surface area (Å²) in [5.41, 5.74) is 1.38. The van der Waals surface area contributed by atoms with Crippen molar-refractivity contribution in [3.05, 3.63) is 47.3 Å². The summed E-state index contributed by atoms with van der Waals surface area (Å²) in [5.74, 6) is 1.51. The van der Waals surface area contributed by atoms with Gasteiger partial charge in [0.1, 0.15) is 5.75 Å². The van der Waals surface area contributed by atoms with Gasteiger partial charge in [-0.05, 0) is 49.8 Å². The number of hydrogen-bond acceptors (Lipinski definition) is 5. The third-order valence-electron chi connectivity index (χ3n) is 6.98. The Balaban J connectivity index is 1.33. The van der Waals surface area contributed by atoms with E-state index in [0.29, 0.717) is 25.3 Å². The Hall–Kier alpha value is -2.83. The Morgan fingerprint density at radius 2 is 1.76 bits per heavy atom. The minimum Gasteiger partial charge on any atom is -0.497 e. The van der Waals surface area contributed by atoms with E-state index in [1.807, 2.05) is 29.2 Å². The molecule has 1 N–H and O–H groups in total. The summed E-state index contributed by atoms with van der Waals surface area (Å²) in [6.07, 6.45) is 10.6. The highest BCUT2D eigenvalue weighted by Crippen LogP contribution is 2.31. The predicted octanol–water partition coefficient (Wildman–Crippen LogP) is 4.51. The van der Waals surface area contributed by atoms with Crippen molar-refractivity contribution >= 4 is 11.8 Å². The fraction of sp³-hybridized carbons (Fsp3) is 0.577. The van der Waals surface area contributed by atoms with Crippen LogP contribution in [0.15, 0.2) is 34.9 Å². The fourth-order valence-corrected chi connectivity index (χ4v) is 5.05. The molecule has 2 aliphatic rings. The van der Waals surface area contributed by atoms with Crippen molar-refractivity contribution in [3.8, 4) is 5.75 Å². The highest BCUT2D eigenvalue weighted by molar-refractivity contribution is 5.92. The highest BCUT2D eigenvalue weighted by Gasteiger charge is 2.33. The van der Waals surface area contributed by atoms with Gasteiger partial charge in [0.15, 0.2) is 11.5 Å². The van der Waals surface area contributed by atoms with Gasteiger partial charge in [0.2, 0.25) is 5.91 Å². The average molecular weight is 454 g/mol. The van der Waals surface area contributed by atoms with E-state index in [4.69, 9.17) is 9.26 Å². The number of rotatable bonds is 9. The summed E-state index contributed by atoms with van der Waals surface area (Å²) in [7, 11) is 1.64.